The van der Waals surface area contributed by atoms with Crippen molar-refractivity contribution in [1.29, 1.82) is 0 Å². The molecule has 0 aromatic carbocycles. The van der Waals surface area contributed by atoms with Gasteiger partial charge in [-0.2, -0.15) is 0 Å². The highest BCUT2D eigenvalue weighted by molar-refractivity contribution is 7.09. The number of aliphatic hydroxyl groups excluding tert-OH is 2. The van der Waals surface area contributed by atoms with E-state index in [9.17, 15) is 19.8 Å². The fraction of sp³-hybridized carbons (Fsp3) is 0.654. The van der Waals surface area contributed by atoms with Gasteiger partial charge in [0.2, 0.25) is 5.91 Å². The third-order valence-electron chi connectivity index (χ3n) is 6.82. The largest absolute Gasteiger partial charge is 0.392 e. The van der Waals surface area contributed by atoms with Crippen molar-refractivity contribution in [2.24, 2.45) is 17.3 Å². The molecular formula is C26H40N2O4S. The average Bonchev–Trinajstić information content (AvgIpc) is 3.16. The minimum atomic E-state index is -1.15. The summed E-state index contributed by atoms with van der Waals surface area (Å²) < 4.78 is 0. The maximum Gasteiger partial charge on any atom is 0.223 e. The van der Waals surface area contributed by atoms with Crippen molar-refractivity contribution in [2.45, 2.75) is 91.9 Å². The van der Waals surface area contributed by atoms with Crippen molar-refractivity contribution in [3.05, 3.63) is 33.8 Å². The fourth-order valence-electron chi connectivity index (χ4n) is 4.30. The molecule has 5 atom stereocenters. The predicted octanol–water partition coefficient (Wildman–Crippen LogP) is 4.45. The second-order valence-corrected chi connectivity index (χ2v) is 11.1. The van der Waals surface area contributed by atoms with Crippen LogP contribution < -0.4 is 5.32 Å². The Morgan fingerprint density at radius 3 is 2.58 bits per heavy atom. The van der Waals surface area contributed by atoms with Gasteiger partial charge in [0.1, 0.15) is 5.78 Å². The second kappa shape index (κ2) is 12.0. The summed E-state index contributed by atoms with van der Waals surface area (Å²) in [5, 5.41) is 27.5. The molecule has 0 radical (unpaired) electrons. The monoisotopic (exact) mass is 476 g/mol. The number of nitrogens with one attached hydrogen (secondary N) is 1. The first kappa shape index (κ1) is 27.4. The van der Waals surface area contributed by atoms with Crippen molar-refractivity contribution in [3.8, 4) is 0 Å². The molecule has 0 bridgehead atoms. The zero-order chi connectivity index (χ0) is 24.8. The number of Topliss-reactive ketones (excluding diaryl/α,β-unsaturated/α-hetero) is 1. The Morgan fingerprint density at radius 2 is 1.94 bits per heavy atom. The van der Waals surface area contributed by atoms with E-state index in [4.69, 9.17) is 0 Å². The zero-order valence-electron chi connectivity index (χ0n) is 20.8. The Balaban J connectivity index is 2.27. The second-order valence-electron chi connectivity index (χ2n) is 10.0. The van der Waals surface area contributed by atoms with E-state index >= 15 is 0 Å². The number of aryl methyl sites for hydroxylation is 1. The molecule has 1 aromatic heterocycles. The van der Waals surface area contributed by atoms with E-state index in [-0.39, 0.29) is 30.1 Å². The molecule has 0 fully saturated rings. The highest BCUT2D eigenvalue weighted by Gasteiger charge is 2.42. The maximum absolute atomic E-state index is 13.1. The van der Waals surface area contributed by atoms with Crippen LogP contribution in [0.5, 0.6) is 0 Å². The number of allylic oxidation sites excluding steroid dienone is 1. The van der Waals surface area contributed by atoms with Crippen molar-refractivity contribution in [3.63, 3.8) is 0 Å². The molecule has 0 saturated carbocycles. The van der Waals surface area contributed by atoms with Gasteiger partial charge in [0.15, 0.2) is 0 Å². The molecular weight excluding hydrogens is 436 g/mol. The Bertz CT molecular complexity index is 873. The van der Waals surface area contributed by atoms with E-state index in [0.29, 0.717) is 6.42 Å². The first-order chi connectivity index (χ1) is 15.4. The van der Waals surface area contributed by atoms with Gasteiger partial charge in [0, 0.05) is 11.3 Å². The number of ketones is 1. The van der Waals surface area contributed by atoms with Crippen LogP contribution in [0.25, 0.3) is 6.08 Å². The summed E-state index contributed by atoms with van der Waals surface area (Å²) in [4.78, 5) is 30.5. The Hall–Kier alpha value is -1.83. The Morgan fingerprint density at radius 1 is 1.24 bits per heavy atom. The van der Waals surface area contributed by atoms with E-state index in [1.54, 1.807) is 32.1 Å². The number of nitrogens with zero attached hydrogens (tertiary/aromatic N) is 1. The summed E-state index contributed by atoms with van der Waals surface area (Å²) in [6, 6.07) is -0.227. The molecule has 1 aliphatic heterocycles. The van der Waals surface area contributed by atoms with Gasteiger partial charge in [-0.15, -0.1) is 11.3 Å². The van der Waals surface area contributed by atoms with Crippen molar-refractivity contribution < 1.29 is 19.8 Å². The zero-order valence-corrected chi connectivity index (χ0v) is 21.6. The van der Waals surface area contributed by atoms with Gasteiger partial charge >= 0.3 is 0 Å². The standard InChI is InChI=1S/C26H40N2O4S/c1-16-11-9-7-8-10-12-21(17(2)13-20-15-33-19(4)27-20)28-23(30)14-22(29)26(5,6)25(32)18(3)24(16)31/h8,10,13,15-16,18,21-22,24,29,31H,7,9,11-12,14H2,1-6H3,(H,28,30)/b10-8+,17-13+/t16?,18?,21-,22?,24-/m0/s1. The van der Waals surface area contributed by atoms with Crippen LogP contribution in [0.4, 0.5) is 0 Å². The van der Waals surface area contributed by atoms with Crippen LogP contribution >= 0.6 is 11.3 Å². The minimum absolute atomic E-state index is 0.0269. The number of carbonyl (C=O) groups is 2. The molecule has 2 rings (SSSR count). The molecule has 3 unspecified atom stereocenters. The lowest BCUT2D eigenvalue weighted by Crippen LogP contribution is -2.47. The number of aromatic nitrogens is 1. The summed E-state index contributed by atoms with van der Waals surface area (Å²) in [6.45, 7) is 10.9. The van der Waals surface area contributed by atoms with E-state index in [2.05, 4.69) is 22.5 Å². The summed E-state index contributed by atoms with van der Waals surface area (Å²) in [6.07, 6.45) is 7.29. The van der Waals surface area contributed by atoms with E-state index in [1.165, 1.54) is 0 Å². The lowest BCUT2D eigenvalue weighted by molar-refractivity contribution is -0.143. The molecule has 1 aromatic rings. The highest BCUT2D eigenvalue weighted by Crippen LogP contribution is 2.31. The molecule has 6 nitrogen and oxygen atoms in total. The van der Waals surface area contributed by atoms with Gasteiger partial charge in [-0.05, 0) is 57.1 Å². The Kier molecular flexibility index (Phi) is 10.0. The summed E-state index contributed by atoms with van der Waals surface area (Å²) in [5.74, 6) is -1.17. The number of rotatable bonds is 2. The third-order valence-corrected chi connectivity index (χ3v) is 7.61. The number of carbonyl (C=O) groups excluding carboxylic acids is 2. The van der Waals surface area contributed by atoms with Crippen LogP contribution in [-0.4, -0.2) is 45.1 Å². The summed E-state index contributed by atoms with van der Waals surface area (Å²) in [7, 11) is 0. The smallest absolute Gasteiger partial charge is 0.223 e. The average molecular weight is 477 g/mol. The lowest BCUT2D eigenvalue weighted by atomic mass is 9.73. The van der Waals surface area contributed by atoms with Gasteiger partial charge in [0.05, 0.1) is 40.8 Å². The number of hydrogen-bond acceptors (Lipinski definition) is 6. The van der Waals surface area contributed by atoms with Gasteiger partial charge < -0.3 is 15.5 Å². The topological polar surface area (TPSA) is 99.5 Å². The van der Waals surface area contributed by atoms with Gasteiger partial charge in [0.25, 0.3) is 0 Å². The summed E-state index contributed by atoms with van der Waals surface area (Å²) >= 11 is 1.58. The molecule has 184 valence electrons. The predicted molar refractivity (Wildman–Crippen MR) is 134 cm³/mol. The number of thiazole rings is 1. The maximum atomic E-state index is 13.1. The van der Waals surface area contributed by atoms with Crippen molar-refractivity contribution in [2.75, 3.05) is 0 Å². The molecule has 0 spiro atoms. The summed E-state index contributed by atoms with van der Waals surface area (Å²) in [5.41, 5.74) is 0.704. The molecule has 1 aliphatic rings. The highest BCUT2D eigenvalue weighted by atomic mass is 32.1. The van der Waals surface area contributed by atoms with Crippen molar-refractivity contribution >= 4 is 29.1 Å². The third kappa shape index (κ3) is 7.59. The van der Waals surface area contributed by atoms with Gasteiger partial charge in [-0.3, -0.25) is 9.59 Å². The molecule has 7 heteroatoms. The van der Waals surface area contributed by atoms with Gasteiger partial charge in [-0.1, -0.05) is 39.8 Å². The normalized spacial score (nSPS) is 31.8. The van der Waals surface area contributed by atoms with Crippen LogP contribution in [0.2, 0.25) is 0 Å². The van der Waals surface area contributed by atoms with Crippen LogP contribution in [-0.2, 0) is 9.59 Å². The number of hydrogen-bond donors (Lipinski definition) is 3. The lowest BCUT2D eigenvalue weighted by Gasteiger charge is -2.34. The first-order valence-electron chi connectivity index (χ1n) is 11.9. The molecule has 0 saturated heterocycles. The number of amides is 1. The van der Waals surface area contributed by atoms with Gasteiger partial charge in [-0.25, -0.2) is 4.98 Å². The molecule has 0 aliphatic carbocycles. The quantitative estimate of drug-likeness (QED) is 0.548. The first-order valence-corrected chi connectivity index (χ1v) is 12.8. The molecule has 33 heavy (non-hydrogen) atoms. The van der Waals surface area contributed by atoms with Crippen LogP contribution in [0.1, 0.15) is 77.4 Å². The fourth-order valence-corrected chi connectivity index (χ4v) is 4.87. The van der Waals surface area contributed by atoms with E-state index < -0.39 is 23.5 Å². The van der Waals surface area contributed by atoms with Crippen LogP contribution in [0, 0.1) is 24.2 Å². The van der Waals surface area contributed by atoms with Crippen molar-refractivity contribution in [1.82, 2.24) is 10.3 Å². The van der Waals surface area contributed by atoms with Crippen LogP contribution in [0.15, 0.2) is 23.1 Å². The Labute approximate surface area is 202 Å². The van der Waals surface area contributed by atoms with E-state index in [0.717, 1.165) is 35.5 Å². The molecule has 2 heterocycles. The van der Waals surface area contributed by atoms with Crippen LogP contribution in [0.3, 0.4) is 0 Å². The minimum Gasteiger partial charge on any atom is -0.392 e. The number of aliphatic hydroxyl groups is 2. The van der Waals surface area contributed by atoms with E-state index in [1.807, 2.05) is 32.2 Å². The SMILES string of the molecule is C/C(=C\c1csc(C)n1)[C@@H]1C/C=C/CCCC(C)[C@H](O)C(C)C(=O)C(C)(C)C(O)CC(=O)N1. The molecule has 1 amide bonds. The molecule has 3 N–H and O–H groups in total.